The SMILES string of the molecule is CC(C)(C)[Si](C)(C)OCC(N)CSCc1ccc(F)cc1. The number of hydrogen-bond donors (Lipinski definition) is 1. The first-order valence-electron chi connectivity index (χ1n) is 7.33. The smallest absolute Gasteiger partial charge is 0.192 e. The molecule has 0 aliphatic rings. The summed E-state index contributed by atoms with van der Waals surface area (Å²) in [6.07, 6.45) is 0. The van der Waals surface area contributed by atoms with Gasteiger partial charge in [0.05, 0.1) is 0 Å². The quantitative estimate of drug-likeness (QED) is 0.753. The first kappa shape index (κ1) is 18.7. The van der Waals surface area contributed by atoms with Crippen molar-refractivity contribution in [2.45, 2.75) is 50.7 Å². The molecule has 2 N–H and O–H groups in total. The maximum absolute atomic E-state index is 12.8. The van der Waals surface area contributed by atoms with E-state index in [0.717, 1.165) is 17.1 Å². The Bertz CT molecular complexity index is 431. The highest BCUT2D eigenvalue weighted by Crippen LogP contribution is 2.36. The van der Waals surface area contributed by atoms with E-state index in [-0.39, 0.29) is 16.9 Å². The van der Waals surface area contributed by atoms with Crippen molar-refractivity contribution in [2.75, 3.05) is 12.4 Å². The van der Waals surface area contributed by atoms with Crippen LogP contribution in [0.5, 0.6) is 0 Å². The lowest BCUT2D eigenvalue weighted by Gasteiger charge is -2.36. The van der Waals surface area contributed by atoms with Gasteiger partial charge in [-0.1, -0.05) is 32.9 Å². The predicted octanol–water partition coefficient (Wildman–Crippen LogP) is 4.41. The van der Waals surface area contributed by atoms with Gasteiger partial charge < -0.3 is 10.2 Å². The van der Waals surface area contributed by atoms with Crippen LogP contribution in [0.15, 0.2) is 24.3 Å². The summed E-state index contributed by atoms with van der Waals surface area (Å²) >= 11 is 1.77. The molecule has 21 heavy (non-hydrogen) atoms. The van der Waals surface area contributed by atoms with Gasteiger partial charge in [-0.3, -0.25) is 0 Å². The van der Waals surface area contributed by atoms with Gasteiger partial charge in [-0.2, -0.15) is 11.8 Å². The van der Waals surface area contributed by atoms with Crippen LogP contribution in [0, 0.1) is 5.82 Å². The molecule has 1 aromatic carbocycles. The molecule has 0 bridgehead atoms. The molecule has 0 aliphatic carbocycles. The zero-order chi connectivity index (χ0) is 16.1. The molecule has 0 aromatic heterocycles. The van der Waals surface area contributed by atoms with Gasteiger partial charge in [0.15, 0.2) is 8.32 Å². The van der Waals surface area contributed by atoms with Crippen molar-refractivity contribution in [1.82, 2.24) is 0 Å². The lowest BCUT2D eigenvalue weighted by atomic mass is 10.2. The summed E-state index contributed by atoms with van der Waals surface area (Å²) in [6, 6.07) is 6.68. The van der Waals surface area contributed by atoms with Gasteiger partial charge in [-0.05, 0) is 35.8 Å². The summed E-state index contributed by atoms with van der Waals surface area (Å²) in [7, 11) is -1.71. The highest BCUT2D eigenvalue weighted by atomic mass is 32.2. The third kappa shape index (κ3) is 6.51. The molecule has 0 heterocycles. The lowest BCUT2D eigenvalue weighted by Crippen LogP contribution is -2.44. The fourth-order valence-electron chi connectivity index (χ4n) is 1.49. The van der Waals surface area contributed by atoms with Crippen LogP contribution in [-0.4, -0.2) is 26.7 Å². The Morgan fingerprint density at radius 3 is 2.33 bits per heavy atom. The number of hydrogen-bond acceptors (Lipinski definition) is 3. The first-order chi connectivity index (χ1) is 9.62. The Balaban J connectivity index is 2.28. The minimum Gasteiger partial charge on any atom is -0.415 e. The third-order valence-electron chi connectivity index (χ3n) is 3.98. The van der Waals surface area contributed by atoms with Gasteiger partial charge >= 0.3 is 0 Å². The van der Waals surface area contributed by atoms with E-state index in [2.05, 4.69) is 33.9 Å². The average molecular weight is 330 g/mol. The van der Waals surface area contributed by atoms with E-state index in [1.165, 1.54) is 12.1 Å². The Morgan fingerprint density at radius 1 is 1.24 bits per heavy atom. The monoisotopic (exact) mass is 329 g/mol. The van der Waals surface area contributed by atoms with Gasteiger partial charge in [-0.15, -0.1) is 0 Å². The number of nitrogens with two attached hydrogens (primary N) is 1. The highest BCUT2D eigenvalue weighted by molar-refractivity contribution is 7.98. The maximum Gasteiger partial charge on any atom is 0.192 e. The number of thioether (sulfide) groups is 1. The predicted molar refractivity (Wildman–Crippen MR) is 93.7 cm³/mol. The summed E-state index contributed by atoms with van der Waals surface area (Å²) < 4.78 is 18.9. The van der Waals surface area contributed by atoms with Gasteiger partial charge in [0.25, 0.3) is 0 Å². The van der Waals surface area contributed by atoms with Crippen LogP contribution in [0.3, 0.4) is 0 Å². The van der Waals surface area contributed by atoms with Crippen molar-refractivity contribution in [3.05, 3.63) is 35.6 Å². The molecule has 1 rings (SSSR count). The molecule has 2 nitrogen and oxygen atoms in total. The largest absolute Gasteiger partial charge is 0.415 e. The van der Waals surface area contributed by atoms with Gasteiger partial charge in [-0.25, -0.2) is 4.39 Å². The van der Waals surface area contributed by atoms with E-state index < -0.39 is 8.32 Å². The fourth-order valence-corrected chi connectivity index (χ4v) is 3.50. The van der Waals surface area contributed by atoms with Crippen molar-refractivity contribution in [2.24, 2.45) is 5.73 Å². The molecule has 0 saturated carbocycles. The summed E-state index contributed by atoms with van der Waals surface area (Å²) in [5.74, 6) is 1.52. The van der Waals surface area contributed by atoms with E-state index in [4.69, 9.17) is 10.2 Å². The van der Waals surface area contributed by atoms with E-state index in [1.807, 2.05) is 12.1 Å². The summed E-state index contributed by atoms with van der Waals surface area (Å²) in [6.45, 7) is 11.8. The topological polar surface area (TPSA) is 35.2 Å². The molecule has 5 heteroatoms. The molecule has 1 unspecified atom stereocenters. The first-order valence-corrected chi connectivity index (χ1v) is 11.4. The Morgan fingerprint density at radius 2 is 1.81 bits per heavy atom. The number of rotatable bonds is 7. The molecule has 0 fully saturated rings. The fraction of sp³-hybridized carbons (Fsp3) is 0.625. The van der Waals surface area contributed by atoms with Crippen LogP contribution >= 0.6 is 11.8 Å². The molecular formula is C16H28FNOSSi. The molecule has 1 aromatic rings. The minimum atomic E-state index is -1.71. The minimum absolute atomic E-state index is 0.0459. The van der Waals surface area contributed by atoms with Crippen molar-refractivity contribution >= 4 is 20.1 Å². The van der Waals surface area contributed by atoms with Gasteiger partial charge in [0.2, 0.25) is 0 Å². The Labute approximate surface area is 133 Å². The molecule has 0 aliphatic heterocycles. The molecule has 0 amide bonds. The van der Waals surface area contributed by atoms with Crippen molar-refractivity contribution in [3.8, 4) is 0 Å². The lowest BCUT2D eigenvalue weighted by molar-refractivity contribution is 0.271. The normalized spacial score (nSPS) is 14.2. The molecule has 0 spiro atoms. The summed E-state index contributed by atoms with van der Waals surface area (Å²) in [5.41, 5.74) is 7.25. The van der Waals surface area contributed by atoms with Crippen molar-refractivity contribution < 1.29 is 8.82 Å². The summed E-state index contributed by atoms with van der Waals surface area (Å²) in [5, 5.41) is 0.216. The second-order valence-corrected chi connectivity index (χ2v) is 12.8. The van der Waals surface area contributed by atoms with Crippen LogP contribution in [-0.2, 0) is 10.2 Å². The molecule has 120 valence electrons. The van der Waals surface area contributed by atoms with E-state index in [1.54, 1.807) is 11.8 Å². The molecular weight excluding hydrogens is 301 g/mol. The van der Waals surface area contributed by atoms with Crippen LogP contribution in [0.4, 0.5) is 4.39 Å². The highest BCUT2D eigenvalue weighted by Gasteiger charge is 2.37. The van der Waals surface area contributed by atoms with Crippen LogP contribution in [0.1, 0.15) is 26.3 Å². The third-order valence-corrected chi connectivity index (χ3v) is 9.68. The molecule has 0 saturated heterocycles. The van der Waals surface area contributed by atoms with Crippen LogP contribution < -0.4 is 5.73 Å². The number of halogens is 1. The standard InChI is InChI=1S/C16H28FNOSSi/c1-16(2,3)21(4,5)19-10-15(18)12-20-11-13-6-8-14(17)9-7-13/h6-9,15H,10-12,18H2,1-5H3. The zero-order valence-corrected chi connectivity index (χ0v) is 15.6. The van der Waals surface area contributed by atoms with E-state index in [0.29, 0.717) is 6.61 Å². The van der Waals surface area contributed by atoms with Gasteiger partial charge in [0, 0.05) is 24.2 Å². The van der Waals surface area contributed by atoms with Crippen molar-refractivity contribution in [1.29, 1.82) is 0 Å². The van der Waals surface area contributed by atoms with E-state index in [9.17, 15) is 4.39 Å². The van der Waals surface area contributed by atoms with Gasteiger partial charge in [0.1, 0.15) is 5.82 Å². The Kier molecular flexibility index (Phi) is 6.91. The molecule has 1 atom stereocenters. The molecule has 0 radical (unpaired) electrons. The maximum atomic E-state index is 12.8. The Hall–Kier alpha value is -0.363. The zero-order valence-electron chi connectivity index (χ0n) is 13.8. The van der Waals surface area contributed by atoms with E-state index >= 15 is 0 Å². The number of benzene rings is 1. The average Bonchev–Trinajstić information content (AvgIpc) is 2.37. The second-order valence-electron chi connectivity index (χ2n) is 6.97. The van der Waals surface area contributed by atoms with Crippen LogP contribution in [0.25, 0.3) is 0 Å². The van der Waals surface area contributed by atoms with Crippen molar-refractivity contribution in [3.63, 3.8) is 0 Å². The summed E-state index contributed by atoms with van der Waals surface area (Å²) in [4.78, 5) is 0. The van der Waals surface area contributed by atoms with Crippen LogP contribution in [0.2, 0.25) is 18.1 Å². The second kappa shape index (κ2) is 7.77.